The fraction of sp³-hybridized carbons (Fsp3) is 0.632. The molecule has 7 heteroatoms. The Morgan fingerprint density at radius 3 is 2.54 bits per heavy atom. The Bertz CT molecular complexity index is 694. The van der Waals surface area contributed by atoms with E-state index in [2.05, 4.69) is 6.58 Å². The summed E-state index contributed by atoms with van der Waals surface area (Å²) in [5, 5.41) is 0. The molecule has 0 bridgehead atoms. The van der Waals surface area contributed by atoms with Crippen LogP contribution in [0.25, 0.3) is 0 Å². The molecule has 142 valence electrons. The van der Waals surface area contributed by atoms with Crippen molar-refractivity contribution in [1.29, 1.82) is 0 Å². The quantitative estimate of drug-likeness (QED) is 0.243. The lowest BCUT2D eigenvalue weighted by Crippen LogP contribution is -2.40. The molecular weight excluding hydrogens is 340 g/mol. The molecule has 0 amide bonds. The first-order valence-electron chi connectivity index (χ1n) is 8.70. The lowest BCUT2D eigenvalue weighted by atomic mass is 9.81. The first-order valence-corrected chi connectivity index (χ1v) is 8.70. The summed E-state index contributed by atoms with van der Waals surface area (Å²) in [6.45, 7) is 10.3. The zero-order chi connectivity index (χ0) is 19.2. The SMILES string of the molecule is C=C1C(=O)OC2CC(C)=CC(OC(C)=O)CC3(C)OC3C(OC(C)=O)C12. The van der Waals surface area contributed by atoms with Gasteiger partial charge in [-0.2, -0.15) is 0 Å². The Balaban J connectivity index is 1.98. The fourth-order valence-electron chi connectivity index (χ4n) is 4.03. The molecule has 0 N–H and O–H groups in total. The molecule has 3 rings (SSSR count). The van der Waals surface area contributed by atoms with Gasteiger partial charge in [-0.3, -0.25) is 9.59 Å². The molecule has 2 heterocycles. The van der Waals surface area contributed by atoms with Crippen LogP contribution in [0.15, 0.2) is 23.8 Å². The molecule has 6 unspecified atom stereocenters. The summed E-state index contributed by atoms with van der Waals surface area (Å²) in [7, 11) is 0. The lowest BCUT2D eigenvalue weighted by molar-refractivity contribution is -0.151. The minimum atomic E-state index is -0.676. The van der Waals surface area contributed by atoms with Gasteiger partial charge in [0.2, 0.25) is 0 Å². The third kappa shape index (κ3) is 3.53. The Morgan fingerprint density at radius 1 is 1.27 bits per heavy atom. The van der Waals surface area contributed by atoms with Gasteiger partial charge in [-0.25, -0.2) is 4.79 Å². The predicted octanol–water partition coefficient (Wildman–Crippen LogP) is 1.85. The summed E-state index contributed by atoms with van der Waals surface area (Å²) in [4.78, 5) is 35.2. The Hall–Kier alpha value is -2.15. The fourth-order valence-corrected chi connectivity index (χ4v) is 4.03. The first kappa shape index (κ1) is 18.6. The summed E-state index contributed by atoms with van der Waals surface area (Å²) in [5.74, 6) is -1.79. The molecule has 0 aromatic rings. The van der Waals surface area contributed by atoms with E-state index in [-0.39, 0.29) is 5.97 Å². The summed E-state index contributed by atoms with van der Waals surface area (Å²) in [5.41, 5.74) is 0.576. The highest BCUT2D eigenvalue weighted by Gasteiger charge is 2.63. The van der Waals surface area contributed by atoms with Crippen molar-refractivity contribution in [2.24, 2.45) is 5.92 Å². The third-order valence-electron chi connectivity index (χ3n) is 5.14. The molecule has 0 aromatic carbocycles. The average molecular weight is 364 g/mol. The normalized spacial score (nSPS) is 39.1. The Kier molecular flexibility index (Phi) is 4.69. The van der Waals surface area contributed by atoms with Crippen molar-refractivity contribution in [3.63, 3.8) is 0 Å². The lowest BCUT2D eigenvalue weighted by Gasteiger charge is -2.28. The maximum Gasteiger partial charge on any atom is 0.334 e. The number of ether oxygens (including phenoxy) is 4. The van der Waals surface area contributed by atoms with Crippen LogP contribution in [0.1, 0.15) is 40.5 Å². The minimum Gasteiger partial charge on any atom is -0.459 e. The van der Waals surface area contributed by atoms with E-state index in [9.17, 15) is 14.4 Å². The second kappa shape index (κ2) is 6.54. The number of carbonyl (C=O) groups is 3. The number of hydrogen-bond acceptors (Lipinski definition) is 7. The van der Waals surface area contributed by atoms with Gasteiger partial charge in [0.05, 0.1) is 11.5 Å². The molecule has 2 fully saturated rings. The van der Waals surface area contributed by atoms with E-state index in [1.54, 1.807) is 0 Å². The van der Waals surface area contributed by atoms with Crippen LogP contribution in [-0.2, 0) is 33.3 Å². The molecule has 2 aliphatic heterocycles. The van der Waals surface area contributed by atoms with Crippen molar-refractivity contribution >= 4 is 17.9 Å². The summed E-state index contributed by atoms with van der Waals surface area (Å²) in [6, 6.07) is 0. The second-order valence-corrected chi connectivity index (χ2v) is 7.49. The molecule has 1 aliphatic carbocycles. The molecular formula is C19H24O7. The topological polar surface area (TPSA) is 91.4 Å². The van der Waals surface area contributed by atoms with Gasteiger partial charge >= 0.3 is 17.9 Å². The largest absolute Gasteiger partial charge is 0.459 e. The Morgan fingerprint density at radius 2 is 1.92 bits per heavy atom. The Labute approximate surface area is 152 Å². The van der Waals surface area contributed by atoms with E-state index in [0.717, 1.165) is 5.57 Å². The van der Waals surface area contributed by atoms with Gasteiger partial charge in [-0.05, 0) is 19.9 Å². The van der Waals surface area contributed by atoms with E-state index >= 15 is 0 Å². The molecule has 0 spiro atoms. The summed E-state index contributed by atoms with van der Waals surface area (Å²) < 4.78 is 22.3. The monoisotopic (exact) mass is 364 g/mol. The summed E-state index contributed by atoms with van der Waals surface area (Å²) in [6.07, 6.45) is 0.681. The molecule has 7 nitrogen and oxygen atoms in total. The minimum absolute atomic E-state index is 0.295. The maximum absolute atomic E-state index is 12.1. The van der Waals surface area contributed by atoms with Crippen LogP contribution in [-0.4, -0.2) is 47.9 Å². The van der Waals surface area contributed by atoms with Crippen LogP contribution < -0.4 is 0 Å². The van der Waals surface area contributed by atoms with Crippen LogP contribution in [0.4, 0.5) is 0 Å². The van der Waals surface area contributed by atoms with Crippen LogP contribution in [0, 0.1) is 5.92 Å². The van der Waals surface area contributed by atoms with Crippen molar-refractivity contribution in [2.75, 3.05) is 0 Å². The van der Waals surface area contributed by atoms with E-state index in [1.165, 1.54) is 13.8 Å². The van der Waals surface area contributed by atoms with Gasteiger partial charge in [-0.15, -0.1) is 0 Å². The highest BCUT2D eigenvalue weighted by molar-refractivity contribution is 5.91. The van der Waals surface area contributed by atoms with Crippen molar-refractivity contribution in [1.82, 2.24) is 0 Å². The number of rotatable bonds is 2. The molecule has 3 aliphatic rings. The number of carbonyl (C=O) groups excluding carboxylic acids is 3. The van der Waals surface area contributed by atoms with E-state index < -0.39 is 47.9 Å². The number of esters is 3. The van der Waals surface area contributed by atoms with Gasteiger partial charge in [-0.1, -0.05) is 12.2 Å². The van der Waals surface area contributed by atoms with Crippen molar-refractivity contribution in [2.45, 2.75) is 70.6 Å². The van der Waals surface area contributed by atoms with Crippen molar-refractivity contribution in [3.8, 4) is 0 Å². The zero-order valence-electron chi connectivity index (χ0n) is 15.4. The number of hydrogen-bond donors (Lipinski definition) is 0. The second-order valence-electron chi connectivity index (χ2n) is 7.49. The van der Waals surface area contributed by atoms with Gasteiger partial charge in [0.15, 0.2) is 0 Å². The molecule has 0 saturated carbocycles. The van der Waals surface area contributed by atoms with Crippen LogP contribution in [0.3, 0.4) is 0 Å². The van der Waals surface area contributed by atoms with E-state index in [1.807, 2.05) is 19.9 Å². The van der Waals surface area contributed by atoms with Crippen LogP contribution in [0.5, 0.6) is 0 Å². The zero-order valence-corrected chi connectivity index (χ0v) is 15.4. The van der Waals surface area contributed by atoms with Crippen molar-refractivity contribution in [3.05, 3.63) is 23.8 Å². The molecule has 26 heavy (non-hydrogen) atoms. The van der Waals surface area contributed by atoms with E-state index in [0.29, 0.717) is 18.4 Å². The van der Waals surface area contributed by atoms with Crippen LogP contribution >= 0.6 is 0 Å². The van der Waals surface area contributed by atoms with Gasteiger partial charge in [0.25, 0.3) is 0 Å². The predicted molar refractivity (Wildman–Crippen MR) is 89.9 cm³/mol. The van der Waals surface area contributed by atoms with Crippen molar-refractivity contribution < 1.29 is 33.3 Å². The third-order valence-corrected chi connectivity index (χ3v) is 5.14. The van der Waals surface area contributed by atoms with Crippen LogP contribution in [0.2, 0.25) is 0 Å². The standard InChI is InChI=1S/C19H24O7/c1-9-6-13(23-11(3)20)8-19(5)17(26-19)16(24-12(4)21)15-10(2)18(22)25-14(15)7-9/h6,13-17H,2,7-8H2,1,3-5H3. The van der Waals surface area contributed by atoms with Gasteiger partial charge in [0.1, 0.15) is 24.4 Å². The average Bonchev–Trinajstić information content (AvgIpc) is 3.06. The highest BCUT2D eigenvalue weighted by atomic mass is 16.6. The van der Waals surface area contributed by atoms with E-state index in [4.69, 9.17) is 18.9 Å². The molecule has 0 aromatic heterocycles. The first-order chi connectivity index (χ1) is 12.1. The maximum atomic E-state index is 12.1. The van der Waals surface area contributed by atoms with Gasteiger partial charge < -0.3 is 18.9 Å². The number of epoxide rings is 1. The summed E-state index contributed by atoms with van der Waals surface area (Å²) >= 11 is 0. The highest BCUT2D eigenvalue weighted by Crippen LogP contribution is 2.49. The number of fused-ring (bicyclic) bond motifs is 2. The smallest absolute Gasteiger partial charge is 0.334 e. The molecule has 0 radical (unpaired) electrons. The molecule has 2 saturated heterocycles. The van der Waals surface area contributed by atoms with Gasteiger partial charge in [0, 0.05) is 32.3 Å². The molecule has 6 atom stereocenters.